The zero-order valence-electron chi connectivity index (χ0n) is 61.8. The Bertz CT molecular complexity index is 3030. The van der Waals surface area contributed by atoms with Crippen LogP contribution in [0.4, 0.5) is 0 Å². The van der Waals surface area contributed by atoms with Gasteiger partial charge in [-0.05, 0) is 99.5 Å². The van der Waals surface area contributed by atoms with Crippen LogP contribution in [0.3, 0.4) is 0 Å². The van der Waals surface area contributed by atoms with Crippen molar-refractivity contribution < 1.29 is 62.6 Å². The smallest absolute Gasteiger partial charge is 0.248 e. The highest BCUT2D eigenvalue weighted by molar-refractivity contribution is 6.00. The molecule has 2 fully saturated rings. The Morgan fingerprint density at radius 3 is 1.41 bits per heavy atom. The van der Waals surface area contributed by atoms with Gasteiger partial charge < -0.3 is 65.6 Å². The molecule has 98 heavy (non-hydrogen) atoms. The number of aliphatic hydroxyl groups is 1. The molecule has 4 rings (SSSR count). The second kappa shape index (κ2) is 38.4. The fraction of sp³-hybridized carbons (Fsp3) is 0.671. The predicted molar refractivity (Wildman–Crippen MR) is 375 cm³/mol. The lowest BCUT2D eigenvalue weighted by Gasteiger charge is -2.39. The standard InChI is InChI=1S/C73H116N12O13/c1-20-48(10)63-73(98)81(16)57(40-51-30-24-21-25-31-51)66(91)75-53(36-44(2)3)64(89)76-54(69(94)85-34-28-23-29-35-85)42-60(87)78(13)43-61(88)79(14)55(37-45(4)5)67(92)77-62(50(12)86)72(97)83(18)59(41-52-32-26-22-27-33-52)71(96)82(17)58(39-47(8)9)70(95)80(15)56(38-46(6)7)65(90)74-49(11)68(93)84(63)19/h21-22,24-27,30-33,44-50,53-59,62-63,86H,20,23,28-29,34-43H2,1-19H3,(H,74,90)(H,75,91)(H,76,89)(H,77,92)/t48-,49-,50+,53-,54-,55-,56-,57-,58-,59-,62-,63-/m0/s1. The largest absolute Gasteiger partial charge is 0.391 e. The van der Waals surface area contributed by atoms with Crippen LogP contribution in [0.25, 0.3) is 0 Å². The van der Waals surface area contributed by atoms with Gasteiger partial charge in [-0.3, -0.25) is 57.5 Å². The van der Waals surface area contributed by atoms with Gasteiger partial charge in [0.25, 0.3) is 0 Å². The Morgan fingerprint density at radius 1 is 0.469 bits per heavy atom. The highest BCUT2D eigenvalue weighted by atomic mass is 16.3. The Hall–Kier alpha value is -7.96. The molecule has 546 valence electrons. The van der Waals surface area contributed by atoms with Gasteiger partial charge in [0.2, 0.25) is 70.9 Å². The zero-order chi connectivity index (χ0) is 73.7. The Morgan fingerprint density at radius 2 is 0.908 bits per heavy atom. The second-order valence-electron chi connectivity index (χ2n) is 29.0. The molecule has 2 saturated heterocycles. The number of nitrogens with one attached hydrogen (secondary N) is 4. The minimum Gasteiger partial charge on any atom is -0.391 e. The lowest BCUT2D eigenvalue weighted by Crippen LogP contribution is -2.62. The molecule has 12 amide bonds. The number of nitrogens with zero attached hydrogens (tertiary/aromatic N) is 8. The maximum Gasteiger partial charge on any atom is 0.248 e. The number of carbonyl (C=O) groups excluding carboxylic acids is 12. The molecule has 0 aromatic heterocycles. The zero-order valence-corrected chi connectivity index (χ0v) is 61.8. The van der Waals surface area contributed by atoms with Crippen LogP contribution >= 0.6 is 0 Å². The van der Waals surface area contributed by atoms with Crippen molar-refractivity contribution in [2.24, 2.45) is 29.6 Å². The van der Waals surface area contributed by atoms with E-state index in [1.165, 1.54) is 82.8 Å². The van der Waals surface area contributed by atoms with Crippen LogP contribution in [0, 0.1) is 29.6 Å². The number of hydrogen-bond acceptors (Lipinski definition) is 13. The number of likely N-dealkylation sites (tertiary alicyclic amines) is 1. The Kier molecular flexibility index (Phi) is 32.3. The average molecular weight is 1370 g/mol. The fourth-order valence-electron chi connectivity index (χ4n) is 12.8. The van der Waals surface area contributed by atoms with E-state index in [1.807, 2.05) is 62.3 Å². The minimum atomic E-state index is -1.69. The van der Waals surface area contributed by atoms with Gasteiger partial charge in [0.05, 0.1) is 19.1 Å². The van der Waals surface area contributed by atoms with Crippen LogP contribution in [-0.2, 0) is 70.4 Å². The minimum absolute atomic E-state index is 0.0329. The molecule has 12 atom stereocenters. The topological polar surface area (TPSA) is 299 Å². The average Bonchev–Trinajstić information content (AvgIpc) is 0.811. The fourth-order valence-corrected chi connectivity index (χ4v) is 12.8. The summed E-state index contributed by atoms with van der Waals surface area (Å²) in [5.41, 5.74) is 1.30. The predicted octanol–water partition coefficient (Wildman–Crippen LogP) is 3.88. The van der Waals surface area contributed by atoms with Gasteiger partial charge >= 0.3 is 0 Å². The molecule has 2 aromatic carbocycles. The van der Waals surface area contributed by atoms with E-state index in [0.717, 1.165) is 21.1 Å². The second-order valence-corrected chi connectivity index (χ2v) is 29.0. The molecule has 25 nitrogen and oxygen atoms in total. The normalized spacial score (nSPS) is 25.7. The number of piperidine rings is 1. The van der Waals surface area contributed by atoms with Crippen molar-refractivity contribution in [1.29, 1.82) is 0 Å². The van der Waals surface area contributed by atoms with E-state index in [9.17, 15) is 38.7 Å². The van der Waals surface area contributed by atoms with Crippen LogP contribution in [0.1, 0.15) is 152 Å². The Balaban J connectivity index is 1.96. The van der Waals surface area contributed by atoms with E-state index >= 15 is 24.0 Å². The number of likely N-dealkylation sites (N-methyl/N-ethyl adjacent to an activating group) is 7. The summed E-state index contributed by atoms with van der Waals surface area (Å²) < 4.78 is 0. The third kappa shape index (κ3) is 23.1. The van der Waals surface area contributed by atoms with Crippen molar-refractivity contribution in [2.45, 2.75) is 220 Å². The van der Waals surface area contributed by atoms with E-state index < -0.39 is 156 Å². The molecule has 2 aliphatic heterocycles. The van der Waals surface area contributed by atoms with Crippen molar-refractivity contribution in [3.05, 3.63) is 71.8 Å². The summed E-state index contributed by atoms with van der Waals surface area (Å²) in [4.78, 5) is 189. The van der Waals surface area contributed by atoms with Gasteiger partial charge in [-0.15, -0.1) is 0 Å². The summed E-state index contributed by atoms with van der Waals surface area (Å²) in [7, 11) is 9.88. The quantitative estimate of drug-likeness (QED) is 0.160. The number of hydrogen-bond donors (Lipinski definition) is 5. The summed E-state index contributed by atoms with van der Waals surface area (Å²) in [5.74, 6) is -9.79. The van der Waals surface area contributed by atoms with E-state index in [1.54, 1.807) is 72.5 Å². The molecule has 0 bridgehead atoms. The molecular weight excluding hydrogens is 1250 g/mol. The van der Waals surface area contributed by atoms with Crippen molar-refractivity contribution in [2.75, 3.05) is 69.0 Å². The van der Waals surface area contributed by atoms with Crippen molar-refractivity contribution in [1.82, 2.24) is 60.5 Å². The SMILES string of the molecule is CC[C@H](C)[C@H]1C(=O)N(C)[C@@H](Cc2ccccc2)C(=O)N[C@@H](CC(C)C)C(=O)N[C@H](C(=O)N2CCCCC2)CC(=O)N(C)CC(=O)N(C)[C@@H](CC(C)C)C(=O)N[C@@H]([C@@H](C)O)C(=O)N(C)[C@@H](Cc2ccccc2)C(=O)N(C)[C@@H](CC(C)C)C(=O)N(C)[C@@H](CC(C)C)C(=O)N[C@@H](C)C(=O)N1C. The van der Waals surface area contributed by atoms with Crippen LogP contribution in [0.15, 0.2) is 60.7 Å². The Labute approximate surface area is 582 Å². The highest BCUT2D eigenvalue weighted by Crippen LogP contribution is 2.25. The third-order valence-corrected chi connectivity index (χ3v) is 19.0. The highest BCUT2D eigenvalue weighted by Gasteiger charge is 2.45. The molecule has 0 radical (unpaired) electrons. The first-order chi connectivity index (χ1) is 45.9. The number of aliphatic hydroxyl groups excluding tert-OH is 1. The number of benzene rings is 2. The molecule has 5 N–H and O–H groups in total. The molecule has 2 heterocycles. The maximum atomic E-state index is 15.4. The van der Waals surface area contributed by atoms with Crippen molar-refractivity contribution in [3.8, 4) is 0 Å². The van der Waals surface area contributed by atoms with Gasteiger partial charge in [-0.1, -0.05) is 136 Å². The van der Waals surface area contributed by atoms with Gasteiger partial charge in [0.1, 0.15) is 60.4 Å². The first-order valence-electron chi connectivity index (χ1n) is 35.0. The van der Waals surface area contributed by atoms with Crippen LogP contribution in [0.2, 0.25) is 0 Å². The lowest BCUT2D eigenvalue weighted by atomic mass is 9.94. The summed E-state index contributed by atoms with van der Waals surface area (Å²) in [5, 5.41) is 22.6. The first-order valence-corrected chi connectivity index (χ1v) is 35.0. The molecular formula is C73H116N12O13. The molecule has 0 aliphatic carbocycles. The summed E-state index contributed by atoms with van der Waals surface area (Å²) >= 11 is 0. The summed E-state index contributed by atoms with van der Waals surface area (Å²) in [6.07, 6.45) is 0.681. The van der Waals surface area contributed by atoms with Gasteiger partial charge in [-0.25, -0.2) is 0 Å². The van der Waals surface area contributed by atoms with Crippen molar-refractivity contribution >= 4 is 70.9 Å². The molecule has 0 unspecified atom stereocenters. The molecule has 0 saturated carbocycles. The van der Waals surface area contributed by atoms with Crippen LogP contribution in [-0.4, -0.2) is 251 Å². The van der Waals surface area contributed by atoms with Crippen LogP contribution in [0.5, 0.6) is 0 Å². The molecule has 2 aromatic rings. The van der Waals surface area contributed by atoms with Gasteiger partial charge in [-0.2, -0.15) is 0 Å². The van der Waals surface area contributed by atoms with Gasteiger partial charge in [0.15, 0.2) is 0 Å². The lowest BCUT2D eigenvalue weighted by molar-refractivity contribution is -0.154. The van der Waals surface area contributed by atoms with Gasteiger partial charge in [0, 0.05) is 75.3 Å². The summed E-state index contributed by atoms with van der Waals surface area (Å²) in [6.45, 7) is 21.3. The number of carbonyl (C=O) groups is 12. The summed E-state index contributed by atoms with van der Waals surface area (Å²) in [6, 6.07) is 4.50. The van der Waals surface area contributed by atoms with Crippen LogP contribution < -0.4 is 21.3 Å². The number of rotatable bonds is 16. The van der Waals surface area contributed by atoms with E-state index in [-0.39, 0.29) is 62.2 Å². The monoisotopic (exact) mass is 1370 g/mol. The maximum absolute atomic E-state index is 15.4. The van der Waals surface area contributed by atoms with Crippen molar-refractivity contribution in [3.63, 3.8) is 0 Å². The third-order valence-electron chi connectivity index (χ3n) is 19.0. The molecule has 0 spiro atoms. The molecule has 2 aliphatic rings. The van der Waals surface area contributed by atoms with E-state index in [0.29, 0.717) is 43.5 Å². The number of amides is 12. The first kappa shape index (κ1) is 82.5. The van der Waals surface area contributed by atoms with E-state index in [2.05, 4.69) is 21.3 Å². The van der Waals surface area contributed by atoms with E-state index in [4.69, 9.17) is 0 Å². The molecule has 25 heteroatoms.